The first-order valence-electron chi connectivity index (χ1n) is 4.43. The van der Waals surface area contributed by atoms with Crippen molar-refractivity contribution in [3.8, 4) is 0 Å². The van der Waals surface area contributed by atoms with Gasteiger partial charge in [-0.15, -0.1) is 6.58 Å². The van der Waals surface area contributed by atoms with Crippen LogP contribution in [0.4, 0.5) is 0 Å². The fourth-order valence-electron chi connectivity index (χ4n) is 0.688. The highest BCUT2D eigenvalue weighted by molar-refractivity contribution is 5.90. The molecular formula is C10H14O5. The molecule has 5 heteroatoms. The Hall–Kier alpha value is -1.62. The van der Waals surface area contributed by atoms with Gasteiger partial charge in [-0.25, -0.2) is 9.59 Å². The summed E-state index contributed by atoms with van der Waals surface area (Å²) >= 11 is 0. The summed E-state index contributed by atoms with van der Waals surface area (Å²) in [6.45, 7) is 4.62. The molecular weight excluding hydrogens is 200 g/mol. The first-order valence-corrected chi connectivity index (χ1v) is 4.43. The molecule has 0 bridgehead atoms. The smallest absolute Gasteiger partial charge is 0.331 e. The fourth-order valence-corrected chi connectivity index (χ4v) is 0.688. The van der Waals surface area contributed by atoms with E-state index in [-0.39, 0.29) is 6.61 Å². The molecule has 0 radical (unpaired) electrons. The van der Waals surface area contributed by atoms with Crippen LogP contribution in [0, 0.1) is 0 Å². The maximum atomic E-state index is 10.8. The average molecular weight is 214 g/mol. The van der Waals surface area contributed by atoms with Crippen molar-refractivity contribution < 1.29 is 24.2 Å². The van der Waals surface area contributed by atoms with Crippen molar-refractivity contribution in [2.45, 2.75) is 6.42 Å². The highest BCUT2D eigenvalue weighted by Crippen LogP contribution is 1.88. The summed E-state index contributed by atoms with van der Waals surface area (Å²) in [4.78, 5) is 20.8. The third-order valence-electron chi connectivity index (χ3n) is 1.28. The van der Waals surface area contributed by atoms with E-state index in [1.54, 1.807) is 6.08 Å². The van der Waals surface area contributed by atoms with E-state index in [4.69, 9.17) is 9.84 Å². The summed E-state index contributed by atoms with van der Waals surface area (Å²) in [5.74, 6) is -1.85. The van der Waals surface area contributed by atoms with Crippen LogP contribution in [-0.2, 0) is 19.1 Å². The van der Waals surface area contributed by atoms with Gasteiger partial charge in [0.05, 0.1) is 19.8 Å². The molecule has 84 valence electrons. The lowest BCUT2D eigenvalue weighted by Crippen LogP contribution is -2.06. The molecule has 0 fully saturated rings. The summed E-state index contributed by atoms with van der Waals surface area (Å²) in [6, 6.07) is 0. The van der Waals surface area contributed by atoms with Gasteiger partial charge in [-0.05, 0) is 0 Å². The Morgan fingerprint density at radius 3 is 2.60 bits per heavy atom. The van der Waals surface area contributed by atoms with Crippen LogP contribution in [-0.4, -0.2) is 36.9 Å². The number of carboxylic acids is 1. The molecule has 0 heterocycles. The van der Waals surface area contributed by atoms with E-state index in [0.29, 0.717) is 19.6 Å². The van der Waals surface area contributed by atoms with E-state index in [1.165, 1.54) is 0 Å². The van der Waals surface area contributed by atoms with Gasteiger partial charge in [0.15, 0.2) is 0 Å². The zero-order chi connectivity index (χ0) is 11.5. The predicted octanol–water partition coefficient (Wildman–Crippen LogP) is 0.763. The molecule has 0 aliphatic heterocycles. The van der Waals surface area contributed by atoms with Crippen molar-refractivity contribution in [3.63, 3.8) is 0 Å². The molecule has 0 aliphatic rings. The van der Waals surface area contributed by atoms with Crippen molar-refractivity contribution in [1.82, 2.24) is 0 Å². The Morgan fingerprint density at radius 2 is 2.00 bits per heavy atom. The van der Waals surface area contributed by atoms with Crippen LogP contribution in [0.5, 0.6) is 0 Å². The summed E-state index contributed by atoms with van der Waals surface area (Å²) in [7, 11) is 0. The molecule has 1 N–H and O–H groups in total. The monoisotopic (exact) mass is 214 g/mol. The van der Waals surface area contributed by atoms with E-state index in [2.05, 4.69) is 11.3 Å². The molecule has 0 atom stereocenters. The van der Waals surface area contributed by atoms with E-state index >= 15 is 0 Å². The van der Waals surface area contributed by atoms with Crippen LogP contribution in [0.2, 0.25) is 0 Å². The van der Waals surface area contributed by atoms with Gasteiger partial charge in [0.25, 0.3) is 0 Å². The molecule has 0 spiro atoms. The molecule has 0 unspecified atom stereocenters. The van der Waals surface area contributed by atoms with Gasteiger partial charge < -0.3 is 14.6 Å². The predicted molar refractivity (Wildman–Crippen MR) is 53.4 cm³/mol. The zero-order valence-electron chi connectivity index (χ0n) is 8.35. The lowest BCUT2D eigenvalue weighted by Gasteiger charge is -2.01. The third-order valence-corrected chi connectivity index (χ3v) is 1.28. The van der Waals surface area contributed by atoms with Crippen LogP contribution in [0.3, 0.4) is 0 Å². The van der Waals surface area contributed by atoms with E-state index in [0.717, 1.165) is 12.2 Å². The first-order chi connectivity index (χ1) is 7.16. The summed E-state index contributed by atoms with van der Waals surface area (Å²) in [5, 5.41) is 8.21. The second kappa shape index (κ2) is 8.96. The third kappa shape index (κ3) is 10.3. The Labute approximate surface area is 88.0 Å². The molecule has 0 aromatic rings. The topological polar surface area (TPSA) is 72.8 Å². The second-order valence-corrected chi connectivity index (χ2v) is 2.56. The normalized spacial score (nSPS) is 10.1. The largest absolute Gasteiger partial charge is 0.478 e. The van der Waals surface area contributed by atoms with Crippen LogP contribution >= 0.6 is 0 Å². The highest BCUT2D eigenvalue weighted by atomic mass is 16.5. The maximum absolute atomic E-state index is 10.8. The van der Waals surface area contributed by atoms with Gasteiger partial charge in [0.2, 0.25) is 0 Å². The molecule has 0 aromatic carbocycles. The number of hydrogen-bond donors (Lipinski definition) is 1. The number of carbonyl (C=O) groups excluding carboxylic acids is 1. The SMILES string of the molecule is C=CCOCCCOC(=O)/C=C\C(=O)O. The zero-order valence-corrected chi connectivity index (χ0v) is 8.35. The lowest BCUT2D eigenvalue weighted by atomic mass is 10.4. The minimum absolute atomic E-state index is 0.208. The number of carboxylic acid groups (broad SMARTS) is 1. The Bertz CT molecular complexity index is 244. The Morgan fingerprint density at radius 1 is 1.27 bits per heavy atom. The molecule has 0 aliphatic carbocycles. The minimum atomic E-state index is -1.18. The number of esters is 1. The van der Waals surface area contributed by atoms with Gasteiger partial charge in [-0.2, -0.15) is 0 Å². The summed E-state index contributed by atoms with van der Waals surface area (Å²) in [6.07, 6.45) is 3.80. The minimum Gasteiger partial charge on any atom is -0.478 e. The molecule has 0 amide bonds. The number of rotatable bonds is 8. The second-order valence-electron chi connectivity index (χ2n) is 2.56. The van der Waals surface area contributed by atoms with Gasteiger partial charge in [-0.3, -0.25) is 0 Å². The van der Waals surface area contributed by atoms with Gasteiger partial charge in [-0.1, -0.05) is 6.08 Å². The Balaban J connectivity index is 3.39. The average Bonchev–Trinajstić information content (AvgIpc) is 2.20. The van der Waals surface area contributed by atoms with Gasteiger partial charge in [0.1, 0.15) is 0 Å². The van der Waals surface area contributed by atoms with Gasteiger partial charge >= 0.3 is 11.9 Å². The highest BCUT2D eigenvalue weighted by Gasteiger charge is 1.97. The lowest BCUT2D eigenvalue weighted by molar-refractivity contribution is -0.139. The van der Waals surface area contributed by atoms with Crippen LogP contribution < -0.4 is 0 Å². The molecule has 5 nitrogen and oxygen atoms in total. The van der Waals surface area contributed by atoms with Crippen molar-refractivity contribution in [1.29, 1.82) is 0 Å². The van der Waals surface area contributed by atoms with Crippen LogP contribution in [0.15, 0.2) is 24.8 Å². The van der Waals surface area contributed by atoms with Crippen molar-refractivity contribution >= 4 is 11.9 Å². The van der Waals surface area contributed by atoms with Gasteiger partial charge in [0, 0.05) is 18.6 Å². The molecule has 0 aromatic heterocycles. The van der Waals surface area contributed by atoms with E-state index in [9.17, 15) is 9.59 Å². The number of aliphatic carboxylic acids is 1. The fraction of sp³-hybridized carbons (Fsp3) is 0.400. The van der Waals surface area contributed by atoms with Crippen molar-refractivity contribution in [2.24, 2.45) is 0 Å². The number of hydrogen-bond acceptors (Lipinski definition) is 4. The number of ether oxygens (including phenoxy) is 2. The molecule has 0 rings (SSSR count). The quantitative estimate of drug-likeness (QED) is 0.279. The van der Waals surface area contributed by atoms with Crippen molar-refractivity contribution in [2.75, 3.05) is 19.8 Å². The molecule has 0 saturated carbocycles. The van der Waals surface area contributed by atoms with E-state index in [1.807, 2.05) is 0 Å². The number of carbonyl (C=O) groups is 2. The first kappa shape index (κ1) is 13.4. The standard InChI is InChI=1S/C10H14O5/c1-2-6-14-7-3-8-15-10(13)5-4-9(11)12/h2,4-5H,1,3,6-8H2,(H,11,12)/b5-4-. The summed E-state index contributed by atoms with van der Waals surface area (Å²) in [5.41, 5.74) is 0. The van der Waals surface area contributed by atoms with Crippen LogP contribution in [0.25, 0.3) is 0 Å². The van der Waals surface area contributed by atoms with E-state index < -0.39 is 11.9 Å². The van der Waals surface area contributed by atoms with Crippen LogP contribution in [0.1, 0.15) is 6.42 Å². The van der Waals surface area contributed by atoms with Crippen molar-refractivity contribution in [3.05, 3.63) is 24.8 Å². The summed E-state index contributed by atoms with van der Waals surface area (Å²) < 4.78 is 9.72. The molecule has 0 saturated heterocycles. The Kier molecular flexibility index (Phi) is 7.99. The maximum Gasteiger partial charge on any atom is 0.331 e. The molecule has 15 heavy (non-hydrogen) atoms.